The minimum atomic E-state index is 0.427. The maximum Gasteiger partial charge on any atom is 0.243 e. The number of hydrogen-bond acceptors (Lipinski definition) is 8. The monoisotopic (exact) mass is 480 g/mol. The Labute approximate surface area is 205 Å². The fourth-order valence-corrected chi connectivity index (χ4v) is 2.55. The molecule has 33 heavy (non-hydrogen) atoms. The molecule has 0 N–H and O–H groups in total. The molecule has 1 heterocycles. The Hall–Kier alpha value is -2.16. The number of benzene rings is 1. The zero-order valence-corrected chi connectivity index (χ0v) is 22.7. The van der Waals surface area contributed by atoms with E-state index in [1.807, 2.05) is 84.1 Å². The van der Waals surface area contributed by atoms with Gasteiger partial charge in [-0.1, -0.05) is 45.0 Å². The summed E-state index contributed by atoms with van der Waals surface area (Å²) < 4.78 is 16.0. The van der Waals surface area contributed by atoms with Crippen LogP contribution in [0.2, 0.25) is 0 Å². The van der Waals surface area contributed by atoms with E-state index in [-0.39, 0.29) is 0 Å². The second kappa shape index (κ2) is 24.5. The van der Waals surface area contributed by atoms with Crippen molar-refractivity contribution in [3.8, 4) is 5.75 Å². The second-order valence-corrected chi connectivity index (χ2v) is 7.80. The number of nitrogens with zero attached hydrogens (tertiary/aromatic N) is 4. The Morgan fingerprint density at radius 1 is 1.15 bits per heavy atom. The summed E-state index contributed by atoms with van der Waals surface area (Å²) >= 11 is 1.72. The molecule has 0 saturated carbocycles. The number of ether oxygens (including phenoxy) is 2. The summed E-state index contributed by atoms with van der Waals surface area (Å²) in [5.41, 5.74) is 1.04. The van der Waals surface area contributed by atoms with Crippen LogP contribution in [0.3, 0.4) is 0 Å². The van der Waals surface area contributed by atoms with Crippen molar-refractivity contribution in [2.45, 2.75) is 46.8 Å². The van der Waals surface area contributed by atoms with Gasteiger partial charge in [0, 0.05) is 17.9 Å². The molecule has 2 aromatic rings. The van der Waals surface area contributed by atoms with Gasteiger partial charge in [-0.2, -0.15) is 0 Å². The molecular weight excluding hydrogens is 436 g/mol. The molecule has 188 valence electrons. The third-order valence-electron chi connectivity index (χ3n) is 3.17. The van der Waals surface area contributed by atoms with Crippen molar-refractivity contribution >= 4 is 24.1 Å². The Morgan fingerprint density at radius 3 is 2.30 bits per heavy atom. The molecule has 0 spiro atoms. The first-order valence-corrected chi connectivity index (χ1v) is 12.5. The van der Waals surface area contributed by atoms with Gasteiger partial charge in [0.25, 0.3) is 0 Å². The number of rotatable bonds is 11. The molecule has 7 nitrogen and oxygen atoms in total. The van der Waals surface area contributed by atoms with Crippen LogP contribution in [0.5, 0.6) is 5.75 Å². The van der Waals surface area contributed by atoms with Gasteiger partial charge in [-0.05, 0) is 60.3 Å². The standard InChI is InChI=1S/C16H20N2O2S.C4H9NO.C3H9N.C2H6/c1-3-7-13(2)16-18-17-15(20-16)12-21-11-10-19-14-8-5-4-6-9-14;1-3-6-4-5-2;1-4(2)3;1-2/h4-9H,3,10-12H2,1-2H3;2-4H2,1H3;1-3H3;1-2H3/b13-7+;;;. The first kappa shape index (κ1) is 33.0. The third kappa shape index (κ3) is 21.4. The zero-order chi connectivity index (χ0) is 25.3. The van der Waals surface area contributed by atoms with Crippen LogP contribution in [0.25, 0.3) is 5.57 Å². The quantitative estimate of drug-likeness (QED) is 0.285. The summed E-state index contributed by atoms with van der Waals surface area (Å²) in [6, 6.07) is 9.82. The maximum absolute atomic E-state index is 5.62. The lowest BCUT2D eigenvalue weighted by Gasteiger charge is -2.04. The Kier molecular flexibility index (Phi) is 24.5. The molecule has 0 fully saturated rings. The van der Waals surface area contributed by atoms with E-state index in [2.05, 4.69) is 34.9 Å². The third-order valence-corrected chi connectivity index (χ3v) is 4.07. The van der Waals surface area contributed by atoms with E-state index in [9.17, 15) is 0 Å². The lowest BCUT2D eigenvalue weighted by atomic mass is 10.2. The molecule has 2 rings (SSSR count). The second-order valence-electron chi connectivity index (χ2n) is 6.70. The van der Waals surface area contributed by atoms with Gasteiger partial charge in [0.2, 0.25) is 11.8 Å². The number of thioether (sulfide) groups is 1. The highest BCUT2D eigenvalue weighted by molar-refractivity contribution is 7.98. The lowest BCUT2D eigenvalue weighted by Crippen LogP contribution is -2.00. The van der Waals surface area contributed by atoms with Gasteiger partial charge < -0.3 is 18.8 Å². The molecule has 0 radical (unpaired) electrons. The van der Waals surface area contributed by atoms with Gasteiger partial charge in [0.05, 0.1) is 12.4 Å². The van der Waals surface area contributed by atoms with Gasteiger partial charge in [-0.15, -0.1) is 22.0 Å². The number of aliphatic imine (C=N–C) groups is 1. The largest absolute Gasteiger partial charge is 0.493 e. The summed E-state index contributed by atoms with van der Waals surface area (Å²) in [6.07, 6.45) is 3.05. The summed E-state index contributed by atoms with van der Waals surface area (Å²) in [5, 5.41) is 8.11. The van der Waals surface area contributed by atoms with E-state index in [1.165, 1.54) is 0 Å². The predicted molar refractivity (Wildman–Crippen MR) is 143 cm³/mol. The molecule has 0 bridgehead atoms. The molecule has 0 unspecified atom stereocenters. The number of allylic oxidation sites excluding steroid dienone is 2. The van der Waals surface area contributed by atoms with E-state index in [4.69, 9.17) is 13.9 Å². The average Bonchev–Trinajstić information content (AvgIpc) is 3.29. The number of hydrogen-bond donors (Lipinski definition) is 0. The lowest BCUT2D eigenvalue weighted by molar-refractivity contribution is 0.157. The Morgan fingerprint density at radius 2 is 1.79 bits per heavy atom. The van der Waals surface area contributed by atoms with Crippen molar-refractivity contribution in [1.29, 1.82) is 0 Å². The van der Waals surface area contributed by atoms with E-state index < -0.39 is 0 Å². The molecule has 0 aliphatic rings. The zero-order valence-electron chi connectivity index (χ0n) is 21.8. The van der Waals surface area contributed by atoms with Gasteiger partial charge in [-0.3, -0.25) is 4.99 Å². The molecule has 0 amide bonds. The van der Waals surface area contributed by atoms with Crippen molar-refractivity contribution in [2.24, 2.45) is 4.99 Å². The van der Waals surface area contributed by atoms with Crippen molar-refractivity contribution in [1.82, 2.24) is 15.1 Å². The number of aromatic nitrogens is 2. The minimum Gasteiger partial charge on any atom is -0.493 e. The van der Waals surface area contributed by atoms with E-state index in [0.29, 0.717) is 30.9 Å². The maximum atomic E-state index is 5.62. The summed E-state index contributed by atoms with van der Waals surface area (Å²) in [4.78, 5) is 5.45. The van der Waals surface area contributed by atoms with Crippen LogP contribution >= 0.6 is 11.8 Å². The van der Waals surface area contributed by atoms with Crippen LogP contribution in [-0.2, 0) is 10.5 Å². The summed E-state index contributed by atoms with van der Waals surface area (Å²) in [5.74, 6) is 3.78. The first-order chi connectivity index (χ1) is 15.9. The fourth-order valence-electron chi connectivity index (χ4n) is 1.92. The van der Waals surface area contributed by atoms with Crippen LogP contribution in [0, 0.1) is 0 Å². The molecule has 0 aliphatic carbocycles. The SMILES string of the molecule is C=NCOCC.CC.CC/C=C(\C)c1nnc(CSCCOc2ccccc2)o1.CN(C)C. The molecule has 1 aromatic carbocycles. The van der Waals surface area contributed by atoms with Crippen molar-refractivity contribution < 1.29 is 13.9 Å². The molecule has 1 aromatic heterocycles. The van der Waals surface area contributed by atoms with Gasteiger partial charge in [0.1, 0.15) is 12.5 Å². The average molecular weight is 481 g/mol. The Balaban J connectivity index is 0. The van der Waals surface area contributed by atoms with Gasteiger partial charge in [-0.25, -0.2) is 0 Å². The normalized spacial score (nSPS) is 10.2. The topological polar surface area (TPSA) is 73.0 Å². The van der Waals surface area contributed by atoms with Gasteiger partial charge in [0.15, 0.2) is 0 Å². The predicted octanol–water partition coefficient (Wildman–Crippen LogP) is 6.08. The van der Waals surface area contributed by atoms with Crippen LogP contribution < -0.4 is 4.74 Å². The minimum absolute atomic E-state index is 0.427. The summed E-state index contributed by atoms with van der Waals surface area (Å²) in [6.45, 7) is 15.0. The molecule has 0 saturated heterocycles. The van der Waals surface area contributed by atoms with E-state index >= 15 is 0 Å². The molecular formula is C25H44N4O3S. The Bertz CT molecular complexity index is 704. The molecule has 0 atom stereocenters. The van der Waals surface area contributed by atoms with Crippen LogP contribution in [-0.4, -0.2) is 68.7 Å². The van der Waals surface area contributed by atoms with Crippen molar-refractivity contribution in [3.05, 3.63) is 48.2 Å². The van der Waals surface area contributed by atoms with Crippen LogP contribution in [0.1, 0.15) is 52.8 Å². The fraction of sp³-hybridized carbons (Fsp3) is 0.560. The van der Waals surface area contributed by atoms with Crippen molar-refractivity contribution in [3.63, 3.8) is 0 Å². The summed E-state index contributed by atoms with van der Waals surface area (Å²) in [7, 11) is 6.00. The molecule has 8 heteroatoms. The van der Waals surface area contributed by atoms with Crippen molar-refractivity contribution in [2.75, 3.05) is 46.8 Å². The number of para-hydroxylation sites is 1. The highest BCUT2D eigenvalue weighted by Gasteiger charge is 2.07. The first-order valence-electron chi connectivity index (χ1n) is 11.3. The van der Waals surface area contributed by atoms with Gasteiger partial charge >= 0.3 is 0 Å². The molecule has 0 aliphatic heterocycles. The highest BCUT2D eigenvalue weighted by Crippen LogP contribution is 2.17. The van der Waals surface area contributed by atoms with Crippen LogP contribution in [0.4, 0.5) is 0 Å². The smallest absolute Gasteiger partial charge is 0.243 e. The van der Waals surface area contributed by atoms with Crippen LogP contribution in [0.15, 0.2) is 45.8 Å². The van der Waals surface area contributed by atoms with E-state index in [1.54, 1.807) is 11.8 Å². The highest BCUT2D eigenvalue weighted by atomic mass is 32.2. The van der Waals surface area contributed by atoms with E-state index in [0.717, 1.165) is 30.1 Å².